The van der Waals surface area contributed by atoms with E-state index in [1.165, 1.54) is 23.9 Å². The summed E-state index contributed by atoms with van der Waals surface area (Å²) in [6, 6.07) is 11.5. The molecule has 1 saturated heterocycles. The zero-order chi connectivity index (χ0) is 22.2. The highest BCUT2D eigenvalue weighted by atomic mass is 32.2. The van der Waals surface area contributed by atoms with E-state index >= 15 is 0 Å². The number of nitrogens with zero attached hydrogens (tertiary/aromatic N) is 3. The van der Waals surface area contributed by atoms with Crippen LogP contribution in [0.4, 0.5) is 15.8 Å². The topological polar surface area (TPSA) is 54.3 Å². The van der Waals surface area contributed by atoms with E-state index in [9.17, 15) is 9.18 Å². The van der Waals surface area contributed by atoms with Crippen LogP contribution >= 0.6 is 24.4 Å². The zero-order valence-corrected chi connectivity index (χ0v) is 19.0. The molecule has 30 heavy (non-hydrogen) atoms. The number of morpholine rings is 1. The molecule has 0 unspecified atom stereocenters. The molecule has 1 heterocycles. The summed E-state index contributed by atoms with van der Waals surface area (Å²) in [5, 5.41) is 0. The van der Waals surface area contributed by atoms with Crippen molar-refractivity contribution in [2.75, 3.05) is 45.4 Å². The van der Waals surface area contributed by atoms with Crippen LogP contribution in [0.15, 0.2) is 57.3 Å². The van der Waals surface area contributed by atoms with Crippen molar-refractivity contribution in [3.05, 3.63) is 53.8 Å². The Morgan fingerprint density at radius 2 is 1.87 bits per heavy atom. The summed E-state index contributed by atoms with van der Waals surface area (Å²) in [5.74, 6) is 0.0781. The minimum absolute atomic E-state index is 0.277. The number of ether oxygens (including phenoxy) is 1. The van der Waals surface area contributed by atoms with Gasteiger partial charge in [0.05, 0.1) is 30.3 Å². The van der Waals surface area contributed by atoms with Crippen molar-refractivity contribution in [3.63, 3.8) is 0 Å². The molecule has 8 heteroatoms. The Morgan fingerprint density at radius 1 is 1.20 bits per heavy atom. The standard InChI is InChI=1S/C16H13FN2OS.C5H11NO.CH4S/c1-18-15-7-6-14(10-16(15)21-9-8-20)19-11-12-2-4-13(17)5-3-12;1-6-2-4-7-5-3-6;1-2/h2-8,10-11H,1,9H2;2-5H2,1H3;2H,1H3. The minimum atomic E-state index is -0.277. The molecule has 0 atom stereocenters. The van der Waals surface area contributed by atoms with Crippen molar-refractivity contribution in [1.29, 1.82) is 0 Å². The molecule has 0 aliphatic carbocycles. The summed E-state index contributed by atoms with van der Waals surface area (Å²) in [4.78, 5) is 21.8. The summed E-state index contributed by atoms with van der Waals surface area (Å²) in [6.45, 7) is 7.53. The summed E-state index contributed by atoms with van der Waals surface area (Å²) in [7, 11) is 2.11. The van der Waals surface area contributed by atoms with Crippen LogP contribution in [0.25, 0.3) is 0 Å². The van der Waals surface area contributed by atoms with E-state index in [1.807, 2.05) is 12.1 Å². The number of carbonyl (C=O) groups excluding carboxylic acids is 1. The van der Waals surface area contributed by atoms with Crippen LogP contribution in [0.1, 0.15) is 5.56 Å². The summed E-state index contributed by atoms with van der Waals surface area (Å²) in [6.07, 6.45) is 4.19. The first-order valence-corrected chi connectivity index (χ1v) is 11.2. The van der Waals surface area contributed by atoms with Gasteiger partial charge in [0.1, 0.15) is 12.1 Å². The molecule has 1 aliphatic rings. The fraction of sp³-hybridized carbons (Fsp3) is 0.318. The van der Waals surface area contributed by atoms with E-state index in [4.69, 9.17) is 4.74 Å². The van der Waals surface area contributed by atoms with Crippen molar-refractivity contribution in [2.24, 2.45) is 9.98 Å². The smallest absolute Gasteiger partial charge is 0.130 e. The lowest BCUT2D eigenvalue weighted by molar-refractivity contribution is -0.105. The van der Waals surface area contributed by atoms with Gasteiger partial charge in [0.25, 0.3) is 0 Å². The minimum Gasteiger partial charge on any atom is -0.379 e. The molecule has 2 aromatic carbocycles. The first-order valence-electron chi connectivity index (χ1n) is 9.30. The lowest BCUT2D eigenvalue weighted by Crippen LogP contribution is -2.32. The number of thioether (sulfide) groups is 1. The van der Waals surface area contributed by atoms with Crippen LogP contribution in [0.2, 0.25) is 0 Å². The predicted octanol–water partition coefficient (Wildman–Crippen LogP) is 4.69. The van der Waals surface area contributed by atoms with Gasteiger partial charge < -0.3 is 14.4 Å². The van der Waals surface area contributed by atoms with Gasteiger partial charge >= 0.3 is 0 Å². The molecular formula is C22H28FN3O2S2. The molecule has 1 aliphatic heterocycles. The highest BCUT2D eigenvalue weighted by Gasteiger charge is 2.03. The Kier molecular flexibility index (Phi) is 13.7. The fourth-order valence-corrected chi connectivity index (χ4v) is 3.04. The van der Waals surface area contributed by atoms with E-state index in [-0.39, 0.29) is 5.82 Å². The Bertz CT molecular complexity index is 795. The Balaban J connectivity index is 0.000000418. The Labute approximate surface area is 187 Å². The molecular weight excluding hydrogens is 421 g/mol. The van der Waals surface area contributed by atoms with Crippen molar-refractivity contribution in [2.45, 2.75) is 4.90 Å². The fourth-order valence-electron chi connectivity index (χ4n) is 2.31. The molecule has 0 saturated carbocycles. The van der Waals surface area contributed by atoms with E-state index in [0.29, 0.717) is 5.75 Å². The highest BCUT2D eigenvalue weighted by molar-refractivity contribution is 8.00. The van der Waals surface area contributed by atoms with E-state index in [2.05, 4.69) is 41.3 Å². The number of aliphatic imine (C=N–C) groups is 2. The van der Waals surface area contributed by atoms with Crippen LogP contribution < -0.4 is 0 Å². The number of hydrogen-bond donors (Lipinski definition) is 1. The van der Waals surface area contributed by atoms with Crippen molar-refractivity contribution < 1.29 is 13.9 Å². The number of halogens is 1. The second kappa shape index (κ2) is 15.8. The Hall–Kier alpha value is -2.00. The van der Waals surface area contributed by atoms with Gasteiger partial charge in [-0.15, -0.1) is 11.8 Å². The molecule has 0 aromatic heterocycles. The number of hydrogen-bond acceptors (Lipinski definition) is 7. The second-order valence-corrected chi connectivity index (χ2v) is 7.08. The van der Waals surface area contributed by atoms with Gasteiger partial charge in [0.2, 0.25) is 0 Å². The van der Waals surface area contributed by atoms with Gasteiger partial charge in [-0.2, -0.15) is 12.6 Å². The van der Waals surface area contributed by atoms with E-state index < -0.39 is 0 Å². The third kappa shape index (κ3) is 10.2. The van der Waals surface area contributed by atoms with Crippen molar-refractivity contribution in [1.82, 2.24) is 4.90 Å². The maximum atomic E-state index is 12.8. The number of likely N-dealkylation sites (N-methyl/N-ethyl adjacent to an activating group) is 1. The predicted molar refractivity (Wildman–Crippen MR) is 129 cm³/mol. The quantitative estimate of drug-likeness (QED) is 0.301. The average molecular weight is 450 g/mol. The van der Waals surface area contributed by atoms with Crippen molar-refractivity contribution in [3.8, 4) is 0 Å². The molecule has 0 radical (unpaired) electrons. The molecule has 0 N–H and O–H groups in total. The summed E-state index contributed by atoms with van der Waals surface area (Å²) < 4.78 is 17.9. The average Bonchev–Trinajstić information content (AvgIpc) is 2.79. The maximum absolute atomic E-state index is 12.8. The molecule has 162 valence electrons. The highest BCUT2D eigenvalue weighted by Crippen LogP contribution is 2.32. The van der Waals surface area contributed by atoms with Crippen LogP contribution in [-0.2, 0) is 9.53 Å². The summed E-state index contributed by atoms with van der Waals surface area (Å²) >= 11 is 4.91. The molecule has 1 fully saturated rings. The van der Waals surface area contributed by atoms with E-state index in [0.717, 1.165) is 54.4 Å². The summed E-state index contributed by atoms with van der Waals surface area (Å²) in [5.41, 5.74) is 2.27. The maximum Gasteiger partial charge on any atom is 0.130 e. The van der Waals surface area contributed by atoms with Crippen LogP contribution in [0.3, 0.4) is 0 Å². The van der Waals surface area contributed by atoms with Gasteiger partial charge in [0, 0.05) is 24.2 Å². The lowest BCUT2D eigenvalue weighted by Gasteiger charge is -2.21. The molecule has 0 amide bonds. The number of carbonyl (C=O) groups is 1. The van der Waals surface area contributed by atoms with Gasteiger partial charge in [-0.3, -0.25) is 9.98 Å². The number of benzene rings is 2. The SMILES string of the molecule is C=Nc1ccc(N=Cc2ccc(F)cc2)cc1SCC=O.CN1CCOCC1.CS. The normalized spacial score (nSPS) is 13.6. The molecule has 3 rings (SSSR count). The molecule has 0 bridgehead atoms. The zero-order valence-electron chi connectivity index (χ0n) is 17.3. The molecule has 5 nitrogen and oxygen atoms in total. The van der Waals surface area contributed by atoms with Crippen LogP contribution in [-0.4, -0.2) is 69.5 Å². The van der Waals surface area contributed by atoms with Gasteiger partial charge in [-0.25, -0.2) is 4.39 Å². The number of thiol groups is 1. The van der Waals surface area contributed by atoms with Crippen LogP contribution in [0, 0.1) is 5.82 Å². The van der Waals surface area contributed by atoms with Crippen LogP contribution in [0.5, 0.6) is 0 Å². The molecule has 2 aromatic rings. The van der Waals surface area contributed by atoms with E-state index in [1.54, 1.807) is 30.7 Å². The number of aldehydes is 1. The third-order valence-corrected chi connectivity index (χ3v) is 4.83. The third-order valence-electron chi connectivity index (χ3n) is 3.89. The lowest BCUT2D eigenvalue weighted by atomic mass is 10.2. The largest absolute Gasteiger partial charge is 0.379 e. The first kappa shape index (κ1) is 26.0. The first-order chi connectivity index (χ1) is 14.6. The monoisotopic (exact) mass is 449 g/mol. The van der Waals surface area contributed by atoms with Crippen molar-refractivity contribution >= 4 is 55.0 Å². The molecule has 0 spiro atoms. The van der Waals surface area contributed by atoms with Gasteiger partial charge in [-0.1, -0.05) is 12.1 Å². The Morgan fingerprint density at radius 3 is 2.40 bits per heavy atom. The van der Waals surface area contributed by atoms with Gasteiger partial charge in [-0.05, 0) is 55.9 Å². The second-order valence-electron chi connectivity index (χ2n) is 6.01. The number of rotatable bonds is 6. The van der Waals surface area contributed by atoms with Gasteiger partial charge in [0.15, 0.2) is 0 Å².